The van der Waals surface area contributed by atoms with Gasteiger partial charge in [0.05, 0.1) is 27.5 Å². The largest absolute Gasteiger partial charge is 0.474 e. The molecule has 2 rings (SSSR count). The number of alkyl halides is 3. The molecule has 1 N–H and O–H groups in total. The molecular formula is C26H34ClF3NO8PS. The first-order chi connectivity index (χ1) is 18.7. The minimum atomic E-state index is -4.70. The van der Waals surface area contributed by atoms with Gasteiger partial charge in [-0.2, -0.15) is 13.2 Å². The number of nitrogens with one attached hydrogen (secondary N) is 1. The summed E-state index contributed by atoms with van der Waals surface area (Å²) in [5.74, 6) is 0. The molecule has 2 aromatic rings. The van der Waals surface area contributed by atoms with Gasteiger partial charge >= 0.3 is 20.1 Å². The summed E-state index contributed by atoms with van der Waals surface area (Å²) in [4.78, 5) is 11.7. The highest BCUT2D eigenvalue weighted by atomic mass is 35.5. The third-order valence-corrected chi connectivity index (χ3v) is 9.21. The van der Waals surface area contributed by atoms with E-state index in [2.05, 4.69) is 5.32 Å². The number of halogens is 4. The van der Waals surface area contributed by atoms with Crippen molar-refractivity contribution in [1.82, 2.24) is 5.32 Å². The molecular weight excluding hydrogens is 610 g/mol. The molecule has 0 bridgehead atoms. The molecule has 1 atom stereocenters. The highest BCUT2D eigenvalue weighted by Gasteiger charge is 2.34. The number of sulfone groups is 1. The van der Waals surface area contributed by atoms with Gasteiger partial charge < -0.3 is 10.1 Å². The van der Waals surface area contributed by atoms with Crippen LogP contribution in [0, 0.1) is 0 Å². The summed E-state index contributed by atoms with van der Waals surface area (Å²) in [7, 11) is -5.82. The summed E-state index contributed by atoms with van der Waals surface area (Å²) >= 11 is 6.36. The van der Waals surface area contributed by atoms with Crippen molar-refractivity contribution in [3.63, 3.8) is 0 Å². The van der Waals surface area contributed by atoms with E-state index in [1.807, 2.05) is 0 Å². The molecule has 41 heavy (non-hydrogen) atoms. The Balaban J connectivity index is 2.20. The van der Waals surface area contributed by atoms with E-state index in [1.54, 1.807) is 27.7 Å². The van der Waals surface area contributed by atoms with Gasteiger partial charge in [-0.3, -0.25) is 13.6 Å². The second-order valence-electron chi connectivity index (χ2n) is 10.4. The van der Waals surface area contributed by atoms with Gasteiger partial charge in [0, 0.05) is 19.2 Å². The second kappa shape index (κ2) is 13.4. The molecule has 0 aromatic heterocycles. The average molecular weight is 644 g/mol. The number of aryl methyl sites for hydroxylation is 1. The van der Waals surface area contributed by atoms with Gasteiger partial charge in [0.15, 0.2) is 0 Å². The van der Waals surface area contributed by atoms with Gasteiger partial charge in [-0.1, -0.05) is 23.7 Å². The van der Waals surface area contributed by atoms with Gasteiger partial charge in [-0.25, -0.2) is 17.8 Å². The molecule has 0 aliphatic rings. The van der Waals surface area contributed by atoms with Crippen LogP contribution in [0.15, 0.2) is 52.3 Å². The summed E-state index contributed by atoms with van der Waals surface area (Å²) < 4.78 is 97.9. The molecule has 0 saturated carbocycles. The summed E-state index contributed by atoms with van der Waals surface area (Å²) in [6.45, 7) is 6.49. The number of hydrogen-bond donors (Lipinski definition) is 1. The van der Waals surface area contributed by atoms with Crippen LogP contribution in [0.5, 0.6) is 0 Å². The molecule has 2 aromatic carbocycles. The van der Waals surface area contributed by atoms with Gasteiger partial charge in [0.1, 0.15) is 5.60 Å². The van der Waals surface area contributed by atoms with Crippen LogP contribution in [0.25, 0.3) is 0 Å². The van der Waals surface area contributed by atoms with Crippen molar-refractivity contribution in [1.29, 1.82) is 0 Å². The van der Waals surface area contributed by atoms with E-state index < -0.39 is 51.5 Å². The van der Waals surface area contributed by atoms with Crippen LogP contribution in [-0.2, 0) is 45.3 Å². The average Bonchev–Trinajstić information content (AvgIpc) is 2.86. The van der Waals surface area contributed by atoms with Crippen molar-refractivity contribution in [2.75, 3.05) is 20.8 Å². The number of phosphoric acid groups is 1. The fraction of sp³-hybridized carbons (Fsp3) is 0.500. The van der Waals surface area contributed by atoms with Crippen LogP contribution in [0.3, 0.4) is 0 Å². The molecule has 15 heteroatoms. The smallest absolute Gasteiger partial charge is 0.444 e. The summed E-state index contributed by atoms with van der Waals surface area (Å²) in [6.07, 6.45) is -4.41. The van der Waals surface area contributed by atoms with Crippen molar-refractivity contribution in [2.24, 2.45) is 0 Å². The molecule has 1 amide bonds. The van der Waals surface area contributed by atoms with E-state index in [0.29, 0.717) is 24.5 Å². The van der Waals surface area contributed by atoms with Gasteiger partial charge in [-0.05, 0) is 82.9 Å². The topological polar surface area (TPSA) is 117 Å². The first-order valence-electron chi connectivity index (χ1n) is 12.3. The fourth-order valence-electron chi connectivity index (χ4n) is 3.66. The predicted octanol–water partition coefficient (Wildman–Crippen LogP) is 7.22. The zero-order chi connectivity index (χ0) is 31.3. The van der Waals surface area contributed by atoms with Crippen LogP contribution < -0.4 is 5.32 Å². The number of rotatable bonds is 12. The number of carbonyl (C=O) groups is 1. The Labute approximate surface area is 243 Å². The highest BCUT2D eigenvalue weighted by molar-refractivity contribution is 7.91. The number of hydrogen-bond acceptors (Lipinski definition) is 8. The molecule has 0 unspecified atom stereocenters. The molecule has 9 nitrogen and oxygen atoms in total. The fourth-order valence-corrected chi connectivity index (χ4v) is 6.14. The van der Waals surface area contributed by atoms with Crippen LogP contribution in [0.2, 0.25) is 5.02 Å². The van der Waals surface area contributed by atoms with E-state index in [0.717, 1.165) is 32.4 Å². The van der Waals surface area contributed by atoms with Crippen LogP contribution in [0.4, 0.5) is 18.0 Å². The van der Waals surface area contributed by atoms with Crippen molar-refractivity contribution >= 4 is 35.4 Å². The number of ether oxygens (including phenoxy) is 1. The Morgan fingerprint density at radius 1 is 1.00 bits per heavy atom. The van der Waals surface area contributed by atoms with Crippen LogP contribution >= 0.6 is 19.4 Å². The lowest BCUT2D eigenvalue weighted by atomic mass is 9.94. The third kappa shape index (κ3) is 10.3. The maximum absolute atomic E-state index is 13.1. The number of phosphoric ester groups is 1. The lowest BCUT2D eigenvalue weighted by Gasteiger charge is -2.32. The summed E-state index contributed by atoms with van der Waals surface area (Å²) in [6, 6.07) is 7.39. The predicted molar refractivity (Wildman–Crippen MR) is 147 cm³/mol. The van der Waals surface area contributed by atoms with Crippen molar-refractivity contribution in [3.8, 4) is 0 Å². The third-order valence-electron chi connectivity index (χ3n) is 5.77. The lowest BCUT2D eigenvalue weighted by molar-refractivity contribution is -0.137. The van der Waals surface area contributed by atoms with Crippen molar-refractivity contribution in [2.45, 2.75) is 74.1 Å². The Morgan fingerprint density at radius 3 is 2.15 bits per heavy atom. The second-order valence-corrected chi connectivity index (χ2v) is 14.6. The quantitative estimate of drug-likeness (QED) is 0.241. The first-order valence-corrected chi connectivity index (χ1v) is 15.6. The van der Waals surface area contributed by atoms with E-state index >= 15 is 0 Å². The Kier molecular flexibility index (Phi) is 11.5. The SMILES string of the molecule is COP(=O)(OC)OC[C@@](C)(CCCc1ccc(S(=O)(=O)c2cccc(C(F)(F)F)c2)cc1Cl)NC(=O)OC(C)(C)C. The minimum Gasteiger partial charge on any atom is -0.444 e. The molecule has 0 saturated heterocycles. The standard InChI is InChI=1S/C26H34ClF3NO8PS/c1-24(2,3)39-23(32)31-25(4,17-38-40(33,36-5)37-6)14-8-9-18-12-13-21(16-22(18)27)41(34,35)20-11-7-10-19(15-20)26(28,29)30/h7,10-13,15-16H,8-9,14,17H2,1-6H3,(H,31,32)/t25-/m1/s1. The molecule has 0 fully saturated rings. The lowest BCUT2D eigenvalue weighted by Crippen LogP contribution is -2.51. The molecule has 0 spiro atoms. The zero-order valence-corrected chi connectivity index (χ0v) is 26.0. The zero-order valence-electron chi connectivity index (χ0n) is 23.5. The molecule has 0 aliphatic heterocycles. The Bertz CT molecular complexity index is 1370. The summed E-state index contributed by atoms with van der Waals surface area (Å²) in [5.41, 5.74) is -2.38. The maximum Gasteiger partial charge on any atom is 0.474 e. The summed E-state index contributed by atoms with van der Waals surface area (Å²) in [5, 5.41) is 2.82. The molecule has 0 aliphatic carbocycles. The van der Waals surface area contributed by atoms with Crippen LogP contribution in [-0.4, -0.2) is 46.5 Å². The van der Waals surface area contributed by atoms with Crippen molar-refractivity contribution in [3.05, 3.63) is 58.6 Å². The normalized spacial score (nSPS) is 14.4. The molecule has 230 valence electrons. The first kappa shape index (κ1) is 35.0. The molecule has 0 radical (unpaired) electrons. The van der Waals surface area contributed by atoms with E-state index in [1.165, 1.54) is 18.2 Å². The monoisotopic (exact) mass is 643 g/mol. The van der Waals surface area contributed by atoms with Crippen LogP contribution in [0.1, 0.15) is 51.7 Å². The number of carbonyl (C=O) groups excluding carboxylic acids is 1. The van der Waals surface area contributed by atoms with Gasteiger partial charge in [0.2, 0.25) is 9.84 Å². The number of amides is 1. The Hall–Kier alpha value is -2.15. The van der Waals surface area contributed by atoms with Gasteiger partial charge in [-0.15, -0.1) is 0 Å². The van der Waals surface area contributed by atoms with E-state index in [9.17, 15) is 30.9 Å². The van der Waals surface area contributed by atoms with E-state index in [4.69, 9.17) is 29.9 Å². The highest BCUT2D eigenvalue weighted by Crippen LogP contribution is 2.48. The Morgan fingerprint density at radius 2 is 1.61 bits per heavy atom. The number of benzene rings is 2. The molecule has 0 heterocycles. The number of alkyl carbamates (subject to hydrolysis) is 1. The van der Waals surface area contributed by atoms with Gasteiger partial charge in [0.25, 0.3) is 0 Å². The maximum atomic E-state index is 13.1. The van der Waals surface area contributed by atoms with Crippen molar-refractivity contribution < 1.29 is 49.3 Å². The minimum absolute atomic E-state index is 0.0966. The van der Waals surface area contributed by atoms with E-state index in [-0.39, 0.29) is 22.9 Å².